The minimum Gasteiger partial charge on any atom is -0.492 e. The van der Waals surface area contributed by atoms with Crippen molar-refractivity contribution >= 4 is 22.6 Å². The lowest BCUT2D eigenvalue weighted by Gasteiger charge is -2.12. The molecule has 4 nitrogen and oxygen atoms in total. The molecule has 1 aromatic carbocycles. The van der Waals surface area contributed by atoms with E-state index in [2.05, 4.69) is 23.4 Å². The van der Waals surface area contributed by atoms with Gasteiger partial charge in [-0.05, 0) is 38.0 Å². The normalized spacial score (nSPS) is 11.2. The second-order valence-electron chi connectivity index (χ2n) is 6.25. The zero-order chi connectivity index (χ0) is 17.8. The summed E-state index contributed by atoms with van der Waals surface area (Å²) in [6, 6.07) is 9.89. The second-order valence-corrected chi connectivity index (χ2v) is 6.61. The van der Waals surface area contributed by atoms with Crippen LogP contribution in [0.15, 0.2) is 30.3 Å². The van der Waals surface area contributed by atoms with Crippen LogP contribution in [0.4, 0.5) is 0 Å². The van der Waals surface area contributed by atoms with E-state index in [-0.39, 0.29) is 0 Å². The Bertz CT molecular complexity index is 858. The van der Waals surface area contributed by atoms with Gasteiger partial charge in [-0.2, -0.15) is 0 Å². The van der Waals surface area contributed by atoms with E-state index in [0.717, 1.165) is 59.7 Å². The van der Waals surface area contributed by atoms with Gasteiger partial charge in [0.05, 0.1) is 12.1 Å². The standard InChI is InChI=1S/C20H24ClN3O/c1-4-5-11-17-23-18-19(14(2)15(3)22-20(18)21)24(17)12-13-25-16-9-7-6-8-10-16/h6-10H,4-5,11-13H2,1-3H3. The Morgan fingerprint density at radius 3 is 2.60 bits per heavy atom. The molecule has 0 bridgehead atoms. The van der Waals surface area contributed by atoms with Crippen molar-refractivity contribution in [3.8, 4) is 5.75 Å². The zero-order valence-electron chi connectivity index (χ0n) is 15.1. The molecule has 3 aromatic rings. The van der Waals surface area contributed by atoms with Gasteiger partial charge in [-0.15, -0.1) is 0 Å². The van der Waals surface area contributed by atoms with E-state index in [9.17, 15) is 0 Å². The molecule has 2 aromatic heterocycles. The van der Waals surface area contributed by atoms with Gasteiger partial charge in [0.2, 0.25) is 0 Å². The molecule has 25 heavy (non-hydrogen) atoms. The van der Waals surface area contributed by atoms with Crippen LogP contribution >= 0.6 is 11.6 Å². The topological polar surface area (TPSA) is 39.9 Å². The van der Waals surface area contributed by atoms with Gasteiger partial charge in [0.25, 0.3) is 0 Å². The van der Waals surface area contributed by atoms with Crippen molar-refractivity contribution in [2.24, 2.45) is 0 Å². The maximum atomic E-state index is 6.37. The third-order valence-corrected chi connectivity index (χ3v) is 4.75. The van der Waals surface area contributed by atoms with E-state index in [1.807, 2.05) is 37.3 Å². The highest BCUT2D eigenvalue weighted by atomic mass is 35.5. The summed E-state index contributed by atoms with van der Waals surface area (Å²) in [6.45, 7) is 7.60. The molecule has 0 aliphatic carbocycles. The Kier molecular flexibility index (Phi) is 5.59. The van der Waals surface area contributed by atoms with Crippen LogP contribution in [-0.2, 0) is 13.0 Å². The predicted molar refractivity (Wildman–Crippen MR) is 103 cm³/mol. The van der Waals surface area contributed by atoms with E-state index in [1.165, 1.54) is 0 Å². The highest BCUT2D eigenvalue weighted by Gasteiger charge is 2.17. The SMILES string of the molecule is CCCCc1nc2c(Cl)nc(C)c(C)c2n1CCOc1ccccc1. The van der Waals surface area contributed by atoms with Gasteiger partial charge in [0.15, 0.2) is 5.15 Å². The summed E-state index contributed by atoms with van der Waals surface area (Å²) in [7, 11) is 0. The molecule has 0 saturated heterocycles. The number of benzene rings is 1. The molecule has 0 fully saturated rings. The number of hydrogen-bond donors (Lipinski definition) is 0. The molecule has 0 atom stereocenters. The Labute approximate surface area is 153 Å². The first kappa shape index (κ1) is 17.7. The number of halogens is 1. The molecule has 0 spiro atoms. The van der Waals surface area contributed by atoms with Crippen molar-refractivity contribution in [2.45, 2.75) is 46.6 Å². The Hall–Kier alpha value is -2.07. The van der Waals surface area contributed by atoms with Gasteiger partial charge in [0.1, 0.15) is 23.7 Å². The largest absolute Gasteiger partial charge is 0.492 e. The van der Waals surface area contributed by atoms with Crippen LogP contribution in [0.3, 0.4) is 0 Å². The fourth-order valence-corrected chi connectivity index (χ4v) is 3.28. The number of ether oxygens (including phenoxy) is 1. The molecule has 0 aliphatic rings. The van der Waals surface area contributed by atoms with Gasteiger partial charge in [-0.1, -0.05) is 43.1 Å². The molecule has 3 rings (SSSR count). The molecule has 0 aliphatic heterocycles. The lowest BCUT2D eigenvalue weighted by molar-refractivity contribution is 0.298. The summed E-state index contributed by atoms with van der Waals surface area (Å²) in [5.41, 5.74) is 3.97. The van der Waals surface area contributed by atoms with Crippen LogP contribution in [-0.4, -0.2) is 21.1 Å². The van der Waals surface area contributed by atoms with Crippen LogP contribution in [0.25, 0.3) is 11.0 Å². The number of pyridine rings is 1. The highest BCUT2D eigenvalue weighted by molar-refractivity contribution is 6.33. The lowest BCUT2D eigenvalue weighted by atomic mass is 10.2. The van der Waals surface area contributed by atoms with E-state index < -0.39 is 0 Å². The Balaban J connectivity index is 1.92. The number of hydrogen-bond acceptors (Lipinski definition) is 3. The number of imidazole rings is 1. The van der Waals surface area contributed by atoms with Crippen molar-refractivity contribution in [2.75, 3.05) is 6.61 Å². The van der Waals surface area contributed by atoms with Crippen LogP contribution in [0.5, 0.6) is 5.75 Å². The van der Waals surface area contributed by atoms with Crippen molar-refractivity contribution in [1.82, 2.24) is 14.5 Å². The third kappa shape index (κ3) is 3.79. The minimum atomic E-state index is 0.485. The number of aryl methyl sites for hydroxylation is 3. The quantitative estimate of drug-likeness (QED) is 0.551. The first-order chi connectivity index (χ1) is 12.1. The summed E-state index contributed by atoms with van der Waals surface area (Å²) in [5, 5.41) is 0.485. The van der Waals surface area contributed by atoms with E-state index >= 15 is 0 Å². The molecule has 0 amide bonds. The average molecular weight is 358 g/mol. The minimum absolute atomic E-state index is 0.485. The zero-order valence-corrected chi connectivity index (χ0v) is 15.8. The molecule has 0 unspecified atom stereocenters. The maximum Gasteiger partial charge on any atom is 0.157 e. The predicted octanol–water partition coefficient (Wildman–Crippen LogP) is 5.12. The second kappa shape index (κ2) is 7.87. The smallest absolute Gasteiger partial charge is 0.157 e. The van der Waals surface area contributed by atoms with Crippen molar-refractivity contribution < 1.29 is 4.74 Å². The summed E-state index contributed by atoms with van der Waals surface area (Å²) in [5.74, 6) is 1.94. The van der Waals surface area contributed by atoms with E-state index in [1.54, 1.807) is 0 Å². The van der Waals surface area contributed by atoms with Crippen LogP contribution in [0, 0.1) is 13.8 Å². The van der Waals surface area contributed by atoms with Crippen molar-refractivity contribution in [3.63, 3.8) is 0 Å². The first-order valence-corrected chi connectivity index (χ1v) is 9.19. The van der Waals surface area contributed by atoms with Gasteiger partial charge in [-0.3, -0.25) is 0 Å². The molecule has 5 heteroatoms. The number of rotatable bonds is 7. The molecule has 0 N–H and O–H groups in total. The number of unbranched alkanes of at least 4 members (excludes halogenated alkanes) is 1. The van der Waals surface area contributed by atoms with Gasteiger partial charge >= 0.3 is 0 Å². The average Bonchev–Trinajstić information content (AvgIpc) is 2.98. The van der Waals surface area contributed by atoms with Crippen molar-refractivity contribution in [1.29, 1.82) is 0 Å². The lowest BCUT2D eigenvalue weighted by Crippen LogP contribution is -2.12. The summed E-state index contributed by atoms with van der Waals surface area (Å²) < 4.78 is 8.14. The molecule has 132 valence electrons. The molecular weight excluding hydrogens is 334 g/mol. The Morgan fingerprint density at radius 1 is 1.12 bits per heavy atom. The number of fused-ring (bicyclic) bond motifs is 1. The van der Waals surface area contributed by atoms with E-state index in [0.29, 0.717) is 11.8 Å². The Morgan fingerprint density at radius 2 is 1.88 bits per heavy atom. The summed E-state index contributed by atoms with van der Waals surface area (Å²) in [6.07, 6.45) is 3.17. The maximum absolute atomic E-state index is 6.37. The van der Waals surface area contributed by atoms with Gasteiger partial charge < -0.3 is 9.30 Å². The fourth-order valence-electron chi connectivity index (χ4n) is 3.02. The van der Waals surface area contributed by atoms with Crippen LogP contribution in [0.1, 0.15) is 36.8 Å². The third-order valence-electron chi connectivity index (χ3n) is 4.49. The molecule has 0 radical (unpaired) electrons. The van der Waals surface area contributed by atoms with Gasteiger partial charge in [0, 0.05) is 12.1 Å². The highest BCUT2D eigenvalue weighted by Crippen LogP contribution is 2.28. The number of aromatic nitrogens is 3. The number of nitrogens with zero attached hydrogens (tertiary/aromatic N) is 3. The van der Waals surface area contributed by atoms with E-state index in [4.69, 9.17) is 21.3 Å². The first-order valence-electron chi connectivity index (χ1n) is 8.81. The summed E-state index contributed by atoms with van der Waals surface area (Å²) >= 11 is 6.37. The molecule has 2 heterocycles. The monoisotopic (exact) mass is 357 g/mol. The van der Waals surface area contributed by atoms with Crippen LogP contribution in [0.2, 0.25) is 5.15 Å². The van der Waals surface area contributed by atoms with Crippen LogP contribution < -0.4 is 4.74 Å². The number of para-hydroxylation sites is 1. The van der Waals surface area contributed by atoms with Gasteiger partial charge in [-0.25, -0.2) is 9.97 Å². The summed E-state index contributed by atoms with van der Waals surface area (Å²) in [4.78, 5) is 9.21. The van der Waals surface area contributed by atoms with Crippen molar-refractivity contribution in [3.05, 3.63) is 52.6 Å². The molecule has 0 saturated carbocycles. The molecular formula is C20H24ClN3O. The fraction of sp³-hybridized carbons (Fsp3) is 0.400.